The van der Waals surface area contributed by atoms with Gasteiger partial charge in [0.2, 0.25) is 5.88 Å². The molecule has 0 saturated carbocycles. The first-order chi connectivity index (χ1) is 9.29. The second kappa shape index (κ2) is 7.75. The highest BCUT2D eigenvalue weighted by Gasteiger charge is 2.12. The summed E-state index contributed by atoms with van der Waals surface area (Å²) >= 11 is 1.73. The van der Waals surface area contributed by atoms with Gasteiger partial charge in [-0.3, -0.25) is 0 Å². The van der Waals surface area contributed by atoms with Crippen molar-refractivity contribution in [3.05, 3.63) is 17.8 Å². The SMILES string of the molecule is CSc1ccc(OCCCC2CCNCC2)nc1C. The number of hydrogen-bond donors (Lipinski definition) is 1. The van der Waals surface area contributed by atoms with Gasteiger partial charge in [0, 0.05) is 11.0 Å². The van der Waals surface area contributed by atoms with Crippen molar-refractivity contribution >= 4 is 11.8 Å². The Morgan fingerprint density at radius 3 is 2.84 bits per heavy atom. The molecule has 0 aliphatic carbocycles. The molecule has 1 aliphatic heterocycles. The average molecular weight is 280 g/mol. The summed E-state index contributed by atoms with van der Waals surface area (Å²) in [5.41, 5.74) is 1.06. The standard InChI is InChI=1S/C15H24N2OS/c1-12-14(19-2)5-6-15(17-12)18-11-3-4-13-7-9-16-10-8-13/h5-6,13,16H,3-4,7-11H2,1-2H3. The zero-order valence-corrected chi connectivity index (χ0v) is 12.8. The van der Waals surface area contributed by atoms with E-state index in [-0.39, 0.29) is 0 Å². The normalized spacial score (nSPS) is 16.5. The number of nitrogens with one attached hydrogen (secondary N) is 1. The predicted molar refractivity (Wildman–Crippen MR) is 81.1 cm³/mol. The lowest BCUT2D eigenvalue weighted by Gasteiger charge is -2.22. The molecule has 0 atom stereocenters. The first-order valence-electron chi connectivity index (χ1n) is 7.14. The van der Waals surface area contributed by atoms with Crippen LogP contribution in [0.2, 0.25) is 0 Å². The summed E-state index contributed by atoms with van der Waals surface area (Å²) in [6.07, 6.45) is 7.13. The van der Waals surface area contributed by atoms with Crippen LogP contribution < -0.4 is 10.1 Å². The molecular weight excluding hydrogens is 256 g/mol. The number of nitrogens with zero attached hydrogens (tertiary/aromatic N) is 1. The van der Waals surface area contributed by atoms with Crippen molar-refractivity contribution < 1.29 is 4.74 Å². The Balaban J connectivity index is 1.69. The molecule has 1 aromatic heterocycles. The molecule has 0 amide bonds. The van der Waals surface area contributed by atoms with E-state index in [4.69, 9.17) is 4.74 Å². The lowest BCUT2D eigenvalue weighted by Crippen LogP contribution is -2.27. The van der Waals surface area contributed by atoms with E-state index in [9.17, 15) is 0 Å². The summed E-state index contributed by atoms with van der Waals surface area (Å²) in [6.45, 7) is 5.19. The van der Waals surface area contributed by atoms with Crippen LogP contribution >= 0.6 is 11.8 Å². The van der Waals surface area contributed by atoms with Gasteiger partial charge in [0.05, 0.1) is 12.3 Å². The van der Waals surface area contributed by atoms with Gasteiger partial charge in [0.1, 0.15) is 0 Å². The molecular formula is C15H24N2OS. The molecule has 19 heavy (non-hydrogen) atoms. The van der Waals surface area contributed by atoms with E-state index in [1.165, 1.54) is 37.2 Å². The predicted octanol–water partition coefficient (Wildman–Crippen LogP) is 3.27. The molecule has 4 heteroatoms. The van der Waals surface area contributed by atoms with Crippen LogP contribution in [-0.4, -0.2) is 30.9 Å². The van der Waals surface area contributed by atoms with Crippen LogP contribution in [0.25, 0.3) is 0 Å². The minimum atomic E-state index is 0.764. The third kappa shape index (κ3) is 4.69. The van der Waals surface area contributed by atoms with Crippen LogP contribution in [0.3, 0.4) is 0 Å². The molecule has 106 valence electrons. The lowest BCUT2D eigenvalue weighted by molar-refractivity contribution is 0.266. The van der Waals surface area contributed by atoms with Gasteiger partial charge >= 0.3 is 0 Å². The summed E-state index contributed by atoms with van der Waals surface area (Å²) < 4.78 is 5.74. The zero-order valence-electron chi connectivity index (χ0n) is 11.9. The van der Waals surface area contributed by atoms with Gasteiger partial charge in [-0.15, -0.1) is 11.8 Å². The van der Waals surface area contributed by atoms with Crippen LogP contribution in [0.5, 0.6) is 5.88 Å². The number of thioether (sulfide) groups is 1. The smallest absolute Gasteiger partial charge is 0.213 e. The Bertz CT molecular complexity index is 392. The highest BCUT2D eigenvalue weighted by Crippen LogP contribution is 2.21. The lowest BCUT2D eigenvalue weighted by atomic mass is 9.93. The van der Waals surface area contributed by atoms with E-state index in [1.54, 1.807) is 11.8 Å². The molecule has 2 heterocycles. The number of aryl methyl sites for hydroxylation is 1. The van der Waals surface area contributed by atoms with E-state index in [0.29, 0.717) is 0 Å². The molecule has 1 aromatic rings. The Hall–Kier alpha value is -0.740. The van der Waals surface area contributed by atoms with E-state index >= 15 is 0 Å². The maximum atomic E-state index is 5.74. The van der Waals surface area contributed by atoms with Crippen LogP contribution in [0.1, 0.15) is 31.4 Å². The molecule has 0 bridgehead atoms. The highest BCUT2D eigenvalue weighted by molar-refractivity contribution is 7.98. The fourth-order valence-corrected chi connectivity index (χ4v) is 3.09. The first kappa shape index (κ1) is 14.7. The van der Waals surface area contributed by atoms with Gasteiger partial charge in [-0.05, 0) is 63.9 Å². The second-order valence-corrected chi connectivity index (χ2v) is 5.97. The fraction of sp³-hybridized carbons (Fsp3) is 0.667. The Labute approximate surface area is 120 Å². The number of rotatable bonds is 6. The van der Waals surface area contributed by atoms with Crippen molar-refractivity contribution in [2.45, 2.75) is 37.5 Å². The molecule has 1 fully saturated rings. The molecule has 3 nitrogen and oxygen atoms in total. The zero-order chi connectivity index (χ0) is 13.5. The second-order valence-electron chi connectivity index (χ2n) is 5.12. The maximum absolute atomic E-state index is 5.74. The Kier molecular flexibility index (Phi) is 5.98. The fourth-order valence-electron chi connectivity index (χ4n) is 2.54. The van der Waals surface area contributed by atoms with Gasteiger partial charge < -0.3 is 10.1 Å². The molecule has 0 unspecified atom stereocenters. The first-order valence-corrected chi connectivity index (χ1v) is 8.37. The quantitative estimate of drug-likeness (QED) is 0.640. The molecule has 0 spiro atoms. The van der Waals surface area contributed by atoms with Gasteiger partial charge in [-0.1, -0.05) is 0 Å². The van der Waals surface area contributed by atoms with Crippen LogP contribution in [0, 0.1) is 12.8 Å². The van der Waals surface area contributed by atoms with Crippen molar-refractivity contribution in [3.63, 3.8) is 0 Å². The number of hydrogen-bond acceptors (Lipinski definition) is 4. The number of piperidine rings is 1. The third-order valence-electron chi connectivity index (χ3n) is 3.70. The topological polar surface area (TPSA) is 34.1 Å². The van der Waals surface area contributed by atoms with Gasteiger partial charge in [0.15, 0.2) is 0 Å². The molecule has 1 saturated heterocycles. The van der Waals surface area contributed by atoms with Crippen molar-refractivity contribution in [1.82, 2.24) is 10.3 Å². The number of pyridine rings is 1. The van der Waals surface area contributed by atoms with Gasteiger partial charge in [0.25, 0.3) is 0 Å². The summed E-state index contributed by atoms with van der Waals surface area (Å²) in [7, 11) is 0. The van der Waals surface area contributed by atoms with Crippen LogP contribution in [0.4, 0.5) is 0 Å². The van der Waals surface area contributed by atoms with Gasteiger partial charge in [-0.25, -0.2) is 4.98 Å². The van der Waals surface area contributed by atoms with Crippen molar-refractivity contribution in [2.24, 2.45) is 5.92 Å². The third-order valence-corrected chi connectivity index (χ3v) is 4.57. The average Bonchev–Trinajstić information content (AvgIpc) is 2.45. The summed E-state index contributed by atoms with van der Waals surface area (Å²) in [4.78, 5) is 5.70. The molecule has 0 radical (unpaired) electrons. The summed E-state index contributed by atoms with van der Waals surface area (Å²) in [6, 6.07) is 4.07. The summed E-state index contributed by atoms with van der Waals surface area (Å²) in [5, 5.41) is 3.40. The minimum absolute atomic E-state index is 0.764. The maximum Gasteiger partial charge on any atom is 0.213 e. The van der Waals surface area contributed by atoms with Crippen LogP contribution in [0.15, 0.2) is 17.0 Å². The number of aromatic nitrogens is 1. The Morgan fingerprint density at radius 2 is 2.16 bits per heavy atom. The van der Waals surface area contributed by atoms with Crippen LogP contribution in [-0.2, 0) is 0 Å². The molecule has 1 N–H and O–H groups in total. The molecule has 2 rings (SSSR count). The molecule has 1 aliphatic rings. The minimum Gasteiger partial charge on any atom is -0.478 e. The van der Waals surface area contributed by atoms with E-state index in [0.717, 1.165) is 30.5 Å². The van der Waals surface area contributed by atoms with Crippen molar-refractivity contribution in [2.75, 3.05) is 26.0 Å². The van der Waals surface area contributed by atoms with E-state index < -0.39 is 0 Å². The van der Waals surface area contributed by atoms with E-state index in [2.05, 4.69) is 22.6 Å². The van der Waals surface area contributed by atoms with Gasteiger partial charge in [-0.2, -0.15) is 0 Å². The molecule has 0 aromatic carbocycles. The van der Waals surface area contributed by atoms with E-state index in [1.807, 2.05) is 13.0 Å². The highest BCUT2D eigenvalue weighted by atomic mass is 32.2. The largest absolute Gasteiger partial charge is 0.478 e. The van der Waals surface area contributed by atoms with Crippen molar-refractivity contribution in [1.29, 1.82) is 0 Å². The summed E-state index contributed by atoms with van der Waals surface area (Å²) in [5.74, 6) is 1.65. The van der Waals surface area contributed by atoms with Crippen molar-refractivity contribution in [3.8, 4) is 5.88 Å². The Morgan fingerprint density at radius 1 is 1.37 bits per heavy atom. The number of ether oxygens (including phenoxy) is 1. The monoisotopic (exact) mass is 280 g/mol.